The number of nitrogens with zero attached hydrogens (tertiary/aromatic N) is 2. The molecule has 3 N–H and O–H groups in total. The number of allylic oxidation sites excluding steroid dienone is 1. The molecular formula is C21H38N3O2+. The number of rotatable bonds is 15. The Kier molecular flexibility index (Phi) is 11.1. The summed E-state index contributed by atoms with van der Waals surface area (Å²) >= 11 is 0. The van der Waals surface area contributed by atoms with Gasteiger partial charge in [-0.2, -0.15) is 4.99 Å². The van der Waals surface area contributed by atoms with Crippen LogP contribution in [-0.4, -0.2) is 34.1 Å². The van der Waals surface area contributed by atoms with Crippen molar-refractivity contribution in [2.45, 2.75) is 90.6 Å². The third kappa shape index (κ3) is 7.83. The summed E-state index contributed by atoms with van der Waals surface area (Å²) in [4.78, 5) is 15.5. The van der Waals surface area contributed by atoms with Crippen molar-refractivity contribution in [1.82, 2.24) is 0 Å². The van der Waals surface area contributed by atoms with E-state index >= 15 is 0 Å². The second-order valence-electron chi connectivity index (χ2n) is 7.38. The molecule has 0 bridgehead atoms. The van der Waals surface area contributed by atoms with E-state index in [2.05, 4.69) is 18.0 Å². The van der Waals surface area contributed by atoms with Crippen LogP contribution < -0.4 is 5.73 Å². The zero-order valence-corrected chi connectivity index (χ0v) is 16.7. The predicted molar refractivity (Wildman–Crippen MR) is 109 cm³/mol. The van der Waals surface area contributed by atoms with E-state index in [1.165, 1.54) is 64.2 Å². The summed E-state index contributed by atoms with van der Waals surface area (Å²) in [5, 5.41) is 9.19. The van der Waals surface area contributed by atoms with E-state index in [4.69, 9.17) is 5.73 Å². The molecule has 5 heteroatoms. The molecule has 1 heterocycles. The Morgan fingerprint density at radius 3 is 2.27 bits per heavy atom. The van der Waals surface area contributed by atoms with Crippen LogP contribution in [0.15, 0.2) is 29.5 Å². The summed E-state index contributed by atoms with van der Waals surface area (Å²) in [5.41, 5.74) is 6.05. The molecule has 0 aromatic rings. The number of amidine groups is 1. The van der Waals surface area contributed by atoms with Gasteiger partial charge >= 0.3 is 5.97 Å². The zero-order chi connectivity index (χ0) is 19.3. The molecule has 26 heavy (non-hydrogen) atoms. The van der Waals surface area contributed by atoms with E-state index in [0.717, 1.165) is 12.3 Å². The van der Waals surface area contributed by atoms with Crippen LogP contribution in [0.5, 0.6) is 0 Å². The van der Waals surface area contributed by atoms with Crippen LogP contribution in [0, 0.1) is 0 Å². The minimum Gasteiger partial charge on any atom is -0.477 e. The third-order valence-corrected chi connectivity index (χ3v) is 5.08. The molecule has 0 aliphatic carbocycles. The van der Waals surface area contributed by atoms with Gasteiger partial charge in [-0.25, -0.2) is 9.28 Å². The molecule has 2 unspecified atom stereocenters. The average molecular weight is 365 g/mol. The fourth-order valence-electron chi connectivity index (χ4n) is 3.38. The van der Waals surface area contributed by atoms with Gasteiger partial charge in [0.15, 0.2) is 6.54 Å². The maximum atomic E-state index is 11.2. The van der Waals surface area contributed by atoms with Crippen LogP contribution in [0.2, 0.25) is 0 Å². The molecule has 0 radical (unpaired) electrons. The van der Waals surface area contributed by atoms with Crippen molar-refractivity contribution in [3.8, 4) is 0 Å². The quantitative estimate of drug-likeness (QED) is 0.319. The van der Waals surface area contributed by atoms with Crippen molar-refractivity contribution in [3.05, 3.63) is 24.6 Å². The molecule has 1 rings (SSSR count). The summed E-state index contributed by atoms with van der Waals surface area (Å²) in [6.45, 7) is 4.01. The lowest BCUT2D eigenvalue weighted by molar-refractivity contribution is -0.803. The van der Waals surface area contributed by atoms with Gasteiger partial charge in [0.1, 0.15) is 12.4 Å². The number of unbranched alkanes of at least 4 members (excludes halogenated alkanes) is 10. The molecular weight excluding hydrogens is 326 g/mol. The molecule has 1 aliphatic rings. The van der Waals surface area contributed by atoms with E-state index in [0.29, 0.717) is 0 Å². The van der Waals surface area contributed by atoms with Crippen LogP contribution in [0.3, 0.4) is 0 Å². The van der Waals surface area contributed by atoms with Gasteiger partial charge in [0, 0.05) is 13.0 Å². The number of aliphatic carboxylic acids is 1. The lowest BCUT2D eigenvalue weighted by Gasteiger charge is -2.33. The molecule has 0 saturated heterocycles. The highest BCUT2D eigenvalue weighted by molar-refractivity contribution is 5.90. The van der Waals surface area contributed by atoms with Gasteiger partial charge in [0.25, 0.3) is 0 Å². The number of aliphatic imine (C=N–C) groups is 1. The molecule has 0 saturated carbocycles. The van der Waals surface area contributed by atoms with Crippen molar-refractivity contribution in [1.29, 1.82) is 0 Å². The Balaban J connectivity index is 2.20. The fraction of sp³-hybridized carbons (Fsp3) is 0.714. The molecule has 1 aliphatic heterocycles. The third-order valence-electron chi connectivity index (χ3n) is 5.08. The van der Waals surface area contributed by atoms with Gasteiger partial charge < -0.3 is 5.11 Å². The maximum absolute atomic E-state index is 11.2. The van der Waals surface area contributed by atoms with E-state index in [1.54, 1.807) is 12.4 Å². The van der Waals surface area contributed by atoms with Crippen LogP contribution in [0.4, 0.5) is 0 Å². The SMILES string of the molecule is CCCCCCCCCCCC/C=C/C1=NC=C[N+]1(CC(=O)O)C(C)N. The van der Waals surface area contributed by atoms with Crippen molar-refractivity contribution in [2.75, 3.05) is 6.54 Å². The Morgan fingerprint density at radius 2 is 1.73 bits per heavy atom. The van der Waals surface area contributed by atoms with Gasteiger partial charge in [-0.1, -0.05) is 70.8 Å². The van der Waals surface area contributed by atoms with Crippen molar-refractivity contribution >= 4 is 11.8 Å². The van der Waals surface area contributed by atoms with Crippen molar-refractivity contribution in [3.63, 3.8) is 0 Å². The highest BCUT2D eigenvalue weighted by Crippen LogP contribution is 2.21. The van der Waals surface area contributed by atoms with E-state index < -0.39 is 5.97 Å². The lowest BCUT2D eigenvalue weighted by Crippen LogP contribution is -2.58. The summed E-state index contributed by atoms with van der Waals surface area (Å²) in [5.74, 6) is -0.154. The van der Waals surface area contributed by atoms with Gasteiger partial charge in [-0.3, -0.25) is 5.73 Å². The molecule has 2 atom stereocenters. The highest BCUT2D eigenvalue weighted by Gasteiger charge is 2.39. The number of carboxylic acid groups (broad SMARTS) is 1. The Labute approximate surface area is 159 Å². The number of carbonyl (C=O) groups is 1. The number of hydrogen-bond acceptors (Lipinski definition) is 3. The molecule has 0 aromatic heterocycles. The fourth-order valence-corrected chi connectivity index (χ4v) is 3.38. The van der Waals surface area contributed by atoms with Gasteiger partial charge in [-0.15, -0.1) is 0 Å². The Bertz CT molecular complexity index is 497. The maximum Gasteiger partial charge on any atom is 0.360 e. The number of quaternary nitrogens is 1. The topological polar surface area (TPSA) is 75.7 Å². The van der Waals surface area contributed by atoms with Gasteiger partial charge in [0.2, 0.25) is 5.84 Å². The largest absolute Gasteiger partial charge is 0.477 e. The number of carboxylic acids is 1. The Hall–Kier alpha value is -1.46. The smallest absolute Gasteiger partial charge is 0.360 e. The average Bonchev–Trinajstić information content (AvgIpc) is 2.99. The monoisotopic (exact) mass is 364 g/mol. The second-order valence-corrected chi connectivity index (χ2v) is 7.38. The van der Waals surface area contributed by atoms with E-state index in [1.807, 2.05) is 13.0 Å². The van der Waals surface area contributed by atoms with E-state index in [9.17, 15) is 9.90 Å². The summed E-state index contributed by atoms with van der Waals surface area (Å²) < 4.78 is 0.0872. The first-order valence-electron chi connectivity index (χ1n) is 10.3. The molecule has 0 aromatic carbocycles. The van der Waals surface area contributed by atoms with Crippen LogP contribution in [-0.2, 0) is 4.79 Å². The van der Waals surface area contributed by atoms with Crippen LogP contribution in [0.1, 0.15) is 84.5 Å². The molecule has 0 amide bonds. The Morgan fingerprint density at radius 1 is 1.15 bits per heavy atom. The van der Waals surface area contributed by atoms with Crippen molar-refractivity contribution < 1.29 is 14.4 Å². The van der Waals surface area contributed by atoms with Gasteiger partial charge in [0.05, 0.1) is 6.20 Å². The second kappa shape index (κ2) is 12.8. The molecule has 148 valence electrons. The predicted octanol–water partition coefficient (Wildman–Crippen LogP) is 4.94. The van der Waals surface area contributed by atoms with Crippen molar-refractivity contribution in [2.24, 2.45) is 10.7 Å². The number of hydrogen-bond donors (Lipinski definition) is 2. The van der Waals surface area contributed by atoms with Crippen LogP contribution >= 0.6 is 0 Å². The normalized spacial score (nSPS) is 20.7. The van der Waals surface area contributed by atoms with Crippen LogP contribution in [0.25, 0.3) is 0 Å². The zero-order valence-electron chi connectivity index (χ0n) is 16.7. The first-order valence-corrected chi connectivity index (χ1v) is 10.3. The van der Waals surface area contributed by atoms with Gasteiger partial charge in [-0.05, 0) is 12.8 Å². The highest BCUT2D eigenvalue weighted by atomic mass is 16.4. The minimum absolute atomic E-state index is 0.0738. The first-order chi connectivity index (χ1) is 12.5. The lowest BCUT2D eigenvalue weighted by atomic mass is 10.1. The standard InChI is InChI=1S/C21H37N3O2/c1-3-4-5-6-7-8-9-10-11-12-13-14-15-20-23-16-17-24(20,19(2)22)18-21(25)26/h14-17,19H,3-13,18,22H2,1-2H3/p+1/b15-14+. The summed E-state index contributed by atoms with van der Waals surface area (Å²) in [7, 11) is 0. The molecule has 5 nitrogen and oxygen atoms in total. The summed E-state index contributed by atoms with van der Waals surface area (Å²) in [6.07, 6.45) is 21.4. The first kappa shape index (κ1) is 22.6. The molecule has 0 fully saturated rings. The minimum atomic E-state index is -0.871. The summed E-state index contributed by atoms with van der Waals surface area (Å²) in [6, 6.07) is 0. The van der Waals surface area contributed by atoms with E-state index in [-0.39, 0.29) is 17.2 Å². The number of nitrogens with two attached hydrogens (primary N) is 1. The molecule has 0 spiro atoms.